The van der Waals surface area contributed by atoms with E-state index in [2.05, 4.69) is 31.0 Å². The fourth-order valence-electron chi connectivity index (χ4n) is 3.24. The average molecular weight is 379 g/mol. The van der Waals surface area contributed by atoms with Crippen molar-refractivity contribution in [3.8, 4) is 17.0 Å². The fraction of sp³-hybridized carbons (Fsp3) is 0.118. The molecule has 4 aromatic rings. The lowest BCUT2D eigenvalue weighted by atomic mass is 9.96. The zero-order chi connectivity index (χ0) is 18.4. The van der Waals surface area contributed by atoms with Gasteiger partial charge in [0.25, 0.3) is 5.56 Å². The number of benzene rings is 1. The van der Waals surface area contributed by atoms with Gasteiger partial charge in [0.2, 0.25) is 5.95 Å². The van der Waals surface area contributed by atoms with Crippen molar-refractivity contribution in [1.29, 1.82) is 0 Å². The number of hydrogen-bond acceptors (Lipinski definition) is 8. The number of thiophene rings is 1. The largest absolute Gasteiger partial charge is 0.497 e. The number of nitrogens with zero attached hydrogens (tertiary/aromatic N) is 5. The highest BCUT2D eigenvalue weighted by Crippen LogP contribution is 2.42. The quantitative estimate of drug-likeness (QED) is 0.494. The summed E-state index contributed by atoms with van der Waals surface area (Å²) in [5.74, 6) is 1.11. The summed E-state index contributed by atoms with van der Waals surface area (Å²) < 4.78 is 7.00. The van der Waals surface area contributed by atoms with Gasteiger partial charge in [0.1, 0.15) is 17.5 Å². The number of anilines is 2. The van der Waals surface area contributed by atoms with Crippen molar-refractivity contribution in [2.45, 2.75) is 6.04 Å². The Hall–Kier alpha value is -3.53. The Labute approximate surface area is 156 Å². The molecule has 134 valence electrons. The number of rotatable bonds is 3. The van der Waals surface area contributed by atoms with Crippen molar-refractivity contribution in [3.63, 3.8) is 0 Å². The molecule has 0 amide bonds. The molecule has 0 fully saturated rings. The van der Waals surface area contributed by atoms with Crippen molar-refractivity contribution in [2.75, 3.05) is 12.4 Å². The van der Waals surface area contributed by atoms with Gasteiger partial charge in [-0.15, -0.1) is 11.3 Å². The van der Waals surface area contributed by atoms with Gasteiger partial charge in [0.15, 0.2) is 0 Å². The van der Waals surface area contributed by atoms with Crippen molar-refractivity contribution in [3.05, 3.63) is 62.6 Å². The molecule has 0 radical (unpaired) electrons. The summed E-state index contributed by atoms with van der Waals surface area (Å²) in [5, 5.41) is 23.8. The summed E-state index contributed by atoms with van der Waals surface area (Å²) in [4.78, 5) is 13.5. The van der Waals surface area contributed by atoms with Crippen LogP contribution in [0.5, 0.6) is 5.75 Å². The molecule has 1 aromatic carbocycles. The number of fused-ring (bicyclic) bond motifs is 2. The SMILES string of the molecule is COc1cccc(-c2n[nH]c(=O)c3c2[C@H](c2cccs2)n2nnnc2N3)c1. The molecule has 1 atom stereocenters. The lowest BCUT2D eigenvalue weighted by molar-refractivity contribution is 0.415. The third-order valence-corrected chi connectivity index (χ3v) is 5.35. The van der Waals surface area contributed by atoms with Gasteiger partial charge in [-0.2, -0.15) is 9.78 Å². The molecule has 5 rings (SSSR count). The Kier molecular flexibility index (Phi) is 3.50. The molecule has 0 aliphatic carbocycles. The van der Waals surface area contributed by atoms with Crippen LogP contribution in [0.25, 0.3) is 11.3 Å². The summed E-state index contributed by atoms with van der Waals surface area (Å²) in [6.45, 7) is 0. The van der Waals surface area contributed by atoms with Crippen molar-refractivity contribution in [1.82, 2.24) is 30.4 Å². The van der Waals surface area contributed by atoms with E-state index in [9.17, 15) is 4.79 Å². The summed E-state index contributed by atoms with van der Waals surface area (Å²) in [5.41, 5.74) is 2.24. The molecule has 10 heteroatoms. The molecule has 3 aromatic heterocycles. The van der Waals surface area contributed by atoms with Crippen LogP contribution in [0.15, 0.2) is 46.6 Å². The summed E-state index contributed by atoms with van der Waals surface area (Å²) in [6.07, 6.45) is 0. The third-order valence-electron chi connectivity index (χ3n) is 4.42. The van der Waals surface area contributed by atoms with Gasteiger partial charge >= 0.3 is 0 Å². The molecule has 2 N–H and O–H groups in total. The van der Waals surface area contributed by atoms with E-state index in [1.165, 1.54) is 0 Å². The molecule has 0 bridgehead atoms. The first kappa shape index (κ1) is 15.7. The number of H-pyrrole nitrogens is 1. The van der Waals surface area contributed by atoms with Crippen LogP contribution < -0.4 is 15.6 Å². The molecule has 9 nitrogen and oxygen atoms in total. The van der Waals surface area contributed by atoms with Gasteiger partial charge < -0.3 is 10.1 Å². The minimum absolute atomic E-state index is 0.326. The Morgan fingerprint density at radius 2 is 2.19 bits per heavy atom. The molecule has 0 saturated carbocycles. The Bertz CT molecular complexity index is 1180. The van der Waals surface area contributed by atoms with E-state index >= 15 is 0 Å². The number of aromatic nitrogens is 6. The summed E-state index contributed by atoms with van der Waals surface area (Å²) in [7, 11) is 1.61. The molecule has 0 saturated heterocycles. The van der Waals surface area contributed by atoms with Crippen LogP contribution in [0.2, 0.25) is 0 Å². The predicted octanol–water partition coefficient (Wildman–Crippen LogP) is 2.19. The third kappa shape index (κ3) is 2.41. The van der Waals surface area contributed by atoms with Crippen molar-refractivity contribution < 1.29 is 4.74 Å². The minimum Gasteiger partial charge on any atom is -0.497 e. The molecule has 1 aliphatic heterocycles. The smallest absolute Gasteiger partial charge is 0.288 e. The molecular formula is C17H13N7O2S. The predicted molar refractivity (Wildman–Crippen MR) is 99.5 cm³/mol. The van der Waals surface area contributed by atoms with Crippen LogP contribution in [0.3, 0.4) is 0 Å². The standard InChI is InChI=1S/C17H13N7O2S/c1-26-10-5-2-4-9(8-10)13-12-14(16(25)20-19-13)18-17-21-22-23-24(17)15(12)11-6-3-7-27-11/h2-8,15H,1H3,(H,20,25)(H,18,21,23)/t15-/m0/s1. The van der Waals surface area contributed by atoms with Gasteiger partial charge in [-0.25, -0.2) is 5.10 Å². The maximum atomic E-state index is 12.5. The second kappa shape index (κ2) is 6.02. The number of nitrogens with one attached hydrogen (secondary N) is 2. The highest BCUT2D eigenvalue weighted by atomic mass is 32.1. The number of ether oxygens (including phenoxy) is 1. The van der Waals surface area contributed by atoms with Crippen molar-refractivity contribution in [2.24, 2.45) is 0 Å². The van der Waals surface area contributed by atoms with E-state index in [0.29, 0.717) is 28.6 Å². The lowest BCUT2D eigenvalue weighted by Crippen LogP contribution is -2.28. The first-order valence-corrected chi connectivity index (χ1v) is 8.99. The molecular weight excluding hydrogens is 366 g/mol. The Morgan fingerprint density at radius 1 is 1.26 bits per heavy atom. The van der Waals surface area contributed by atoms with E-state index in [1.807, 2.05) is 41.8 Å². The monoisotopic (exact) mass is 379 g/mol. The van der Waals surface area contributed by atoms with E-state index < -0.39 is 0 Å². The highest BCUT2D eigenvalue weighted by Gasteiger charge is 2.34. The summed E-state index contributed by atoms with van der Waals surface area (Å²) in [6, 6.07) is 11.1. The van der Waals surface area contributed by atoms with Gasteiger partial charge in [0, 0.05) is 16.0 Å². The van der Waals surface area contributed by atoms with Crippen LogP contribution in [-0.4, -0.2) is 37.5 Å². The Morgan fingerprint density at radius 3 is 3.00 bits per heavy atom. The van der Waals surface area contributed by atoms with Crippen LogP contribution >= 0.6 is 11.3 Å². The van der Waals surface area contributed by atoms with Gasteiger partial charge in [-0.05, 0) is 34.0 Å². The number of hydrogen-bond donors (Lipinski definition) is 2. The molecule has 0 spiro atoms. The van der Waals surface area contributed by atoms with Crippen LogP contribution in [0.1, 0.15) is 16.5 Å². The van der Waals surface area contributed by atoms with E-state index in [0.717, 1.165) is 10.4 Å². The lowest BCUT2D eigenvalue weighted by Gasteiger charge is -2.26. The molecule has 1 aliphatic rings. The topological polar surface area (TPSA) is 111 Å². The number of tetrazole rings is 1. The van der Waals surface area contributed by atoms with Gasteiger partial charge in [0.05, 0.1) is 12.8 Å². The highest BCUT2D eigenvalue weighted by molar-refractivity contribution is 7.10. The second-order valence-electron chi connectivity index (χ2n) is 5.91. The number of aromatic amines is 1. The van der Waals surface area contributed by atoms with Crippen LogP contribution in [0.4, 0.5) is 11.6 Å². The van der Waals surface area contributed by atoms with Gasteiger partial charge in [-0.3, -0.25) is 4.79 Å². The maximum absolute atomic E-state index is 12.5. The zero-order valence-corrected chi connectivity index (χ0v) is 14.9. The van der Waals surface area contributed by atoms with E-state index in [4.69, 9.17) is 4.74 Å². The Balaban J connectivity index is 1.81. The van der Waals surface area contributed by atoms with Crippen LogP contribution in [0, 0.1) is 0 Å². The molecule has 27 heavy (non-hydrogen) atoms. The summed E-state index contributed by atoms with van der Waals surface area (Å²) >= 11 is 1.57. The minimum atomic E-state index is -0.359. The second-order valence-corrected chi connectivity index (χ2v) is 6.89. The molecule has 0 unspecified atom stereocenters. The first-order valence-electron chi connectivity index (χ1n) is 8.11. The van der Waals surface area contributed by atoms with Gasteiger partial charge in [-0.1, -0.05) is 23.3 Å². The average Bonchev–Trinajstić information content (AvgIpc) is 3.39. The van der Waals surface area contributed by atoms with Crippen LogP contribution in [-0.2, 0) is 0 Å². The fourth-order valence-corrected chi connectivity index (χ4v) is 4.06. The first-order chi connectivity index (χ1) is 13.3. The molecule has 4 heterocycles. The van der Waals surface area contributed by atoms with E-state index in [-0.39, 0.29) is 11.6 Å². The van der Waals surface area contributed by atoms with Crippen molar-refractivity contribution >= 4 is 23.0 Å². The normalized spacial score (nSPS) is 14.9. The zero-order valence-electron chi connectivity index (χ0n) is 14.1. The number of methoxy groups -OCH3 is 1. The maximum Gasteiger partial charge on any atom is 0.288 e. The van der Waals surface area contributed by atoms with E-state index in [1.54, 1.807) is 23.1 Å².